The second-order valence-electron chi connectivity index (χ2n) is 5.93. The van der Waals surface area contributed by atoms with Crippen LogP contribution in [0.25, 0.3) is 0 Å². The number of ether oxygens (including phenoxy) is 1. The number of rotatable bonds is 15. The summed E-state index contributed by atoms with van der Waals surface area (Å²) in [7, 11) is -2.43. The van der Waals surface area contributed by atoms with E-state index in [2.05, 4.69) is 6.92 Å². The predicted molar refractivity (Wildman–Crippen MR) is 88.3 cm³/mol. The van der Waals surface area contributed by atoms with E-state index < -0.39 is 10.1 Å². The van der Waals surface area contributed by atoms with Crippen LogP contribution in [-0.2, 0) is 14.9 Å². The van der Waals surface area contributed by atoms with Crippen molar-refractivity contribution in [1.29, 1.82) is 0 Å². The van der Waals surface area contributed by atoms with Crippen molar-refractivity contribution >= 4 is 10.1 Å². The summed E-state index contributed by atoms with van der Waals surface area (Å²) in [4.78, 5) is 0. The Bertz CT molecular complexity index is 314. The molecule has 5 heteroatoms. The molecule has 0 saturated heterocycles. The lowest BCUT2D eigenvalue weighted by Gasteiger charge is -2.13. The minimum absolute atomic E-state index is 0.290. The first-order valence-electron chi connectivity index (χ1n) is 8.47. The standard InChI is InChI=1S/C16H34O4S/c1-3-4-5-6-7-8-9-10-11-12-13-14-16(20-2)15-21(17,18)19/h16H,3-15H2,1-2H3,(H,17,18,19). The molecule has 0 aromatic carbocycles. The van der Waals surface area contributed by atoms with Crippen LogP contribution in [0.3, 0.4) is 0 Å². The molecule has 0 saturated carbocycles. The third kappa shape index (κ3) is 16.1. The Balaban J connectivity index is 3.35. The molecule has 1 atom stereocenters. The fourth-order valence-corrected chi connectivity index (χ4v) is 3.31. The molecule has 21 heavy (non-hydrogen) atoms. The predicted octanol–water partition coefficient (Wildman–Crippen LogP) is 4.59. The smallest absolute Gasteiger partial charge is 0.267 e. The Labute approximate surface area is 131 Å². The summed E-state index contributed by atoms with van der Waals surface area (Å²) in [5, 5.41) is 0. The van der Waals surface area contributed by atoms with Crippen LogP contribution in [0.1, 0.15) is 84.0 Å². The first-order chi connectivity index (χ1) is 9.99. The molecule has 1 N–H and O–H groups in total. The van der Waals surface area contributed by atoms with Gasteiger partial charge in [0.15, 0.2) is 0 Å². The minimum Gasteiger partial charge on any atom is -0.380 e. The number of methoxy groups -OCH3 is 1. The van der Waals surface area contributed by atoms with Crippen molar-refractivity contribution in [3.63, 3.8) is 0 Å². The molecule has 0 aromatic heterocycles. The fourth-order valence-electron chi connectivity index (χ4n) is 2.54. The van der Waals surface area contributed by atoms with E-state index in [0.717, 1.165) is 12.8 Å². The van der Waals surface area contributed by atoms with Crippen LogP contribution in [0.4, 0.5) is 0 Å². The molecule has 0 aliphatic heterocycles. The van der Waals surface area contributed by atoms with Gasteiger partial charge in [-0.1, -0.05) is 77.6 Å². The van der Waals surface area contributed by atoms with Crippen LogP contribution < -0.4 is 0 Å². The highest BCUT2D eigenvalue weighted by atomic mass is 32.2. The van der Waals surface area contributed by atoms with Gasteiger partial charge in [-0.15, -0.1) is 0 Å². The van der Waals surface area contributed by atoms with E-state index in [0.29, 0.717) is 6.42 Å². The molecule has 0 aromatic rings. The van der Waals surface area contributed by atoms with Crippen LogP contribution in [0.2, 0.25) is 0 Å². The lowest BCUT2D eigenvalue weighted by atomic mass is 10.0. The van der Waals surface area contributed by atoms with Gasteiger partial charge >= 0.3 is 0 Å². The molecule has 0 aliphatic carbocycles. The second kappa shape index (κ2) is 13.5. The molecule has 0 fully saturated rings. The maximum Gasteiger partial charge on any atom is 0.267 e. The Kier molecular flexibility index (Phi) is 13.4. The molecular weight excluding hydrogens is 288 g/mol. The van der Waals surface area contributed by atoms with Crippen LogP contribution in [0.15, 0.2) is 0 Å². The number of hydrogen-bond acceptors (Lipinski definition) is 3. The molecule has 0 bridgehead atoms. The van der Waals surface area contributed by atoms with Crippen molar-refractivity contribution in [2.75, 3.05) is 12.9 Å². The SMILES string of the molecule is CCCCCCCCCCCCCC(CS(=O)(=O)O)OC. The maximum absolute atomic E-state index is 10.8. The van der Waals surface area contributed by atoms with Crippen LogP contribution in [-0.4, -0.2) is 31.9 Å². The average Bonchev–Trinajstić information content (AvgIpc) is 2.42. The average molecular weight is 323 g/mol. The van der Waals surface area contributed by atoms with Crippen LogP contribution in [0.5, 0.6) is 0 Å². The summed E-state index contributed by atoms with van der Waals surface area (Å²) in [5.41, 5.74) is 0. The van der Waals surface area contributed by atoms with Crippen molar-refractivity contribution < 1.29 is 17.7 Å². The normalized spacial score (nSPS) is 13.5. The van der Waals surface area contributed by atoms with Gasteiger partial charge in [0.2, 0.25) is 0 Å². The van der Waals surface area contributed by atoms with Crippen molar-refractivity contribution in [3.05, 3.63) is 0 Å². The number of hydrogen-bond donors (Lipinski definition) is 1. The van der Waals surface area contributed by atoms with E-state index in [-0.39, 0.29) is 11.9 Å². The van der Waals surface area contributed by atoms with E-state index in [1.165, 1.54) is 64.9 Å². The Morgan fingerprint density at radius 1 is 0.857 bits per heavy atom. The molecule has 4 nitrogen and oxygen atoms in total. The third-order valence-electron chi connectivity index (χ3n) is 3.86. The Morgan fingerprint density at radius 3 is 1.67 bits per heavy atom. The molecule has 0 spiro atoms. The summed E-state index contributed by atoms with van der Waals surface area (Å²) >= 11 is 0. The van der Waals surface area contributed by atoms with Gasteiger partial charge in [0.05, 0.1) is 6.10 Å². The maximum atomic E-state index is 10.8. The summed E-state index contributed by atoms with van der Waals surface area (Å²) in [6.45, 7) is 2.24. The fraction of sp³-hybridized carbons (Fsp3) is 1.00. The minimum atomic E-state index is -3.92. The number of unbranched alkanes of at least 4 members (excludes halogenated alkanes) is 10. The highest BCUT2D eigenvalue weighted by molar-refractivity contribution is 7.85. The molecule has 0 radical (unpaired) electrons. The first-order valence-corrected chi connectivity index (χ1v) is 10.1. The summed E-state index contributed by atoms with van der Waals surface area (Å²) in [6, 6.07) is 0. The summed E-state index contributed by atoms with van der Waals surface area (Å²) < 4.78 is 35.4. The second-order valence-corrected chi connectivity index (χ2v) is 7.43. The van der Waals surface area contributed by atoms with Gasteiger partial charge in [-0.2, -0.15) is 8.42 Å². The highest BCUT2D eigenvalue weighted by Crippen LogP contribution is 2.13. The van der Waals surface area contributed by atoms with E-state index in [1.807, 2.05) is 0 Å². The van der Waals surface area contributed by atoms with Gasteiger partial charge in [0.1, 0.15) is 5.75 Å². The summed E-state index contributed by atoms with van der Waals surface area (Å²) in [6.07, 6.45) is 14.3. The van der Waals surface area contributed by atoms with E-state index >= 15 is 0 Å². The van der Waals surface area contributed by atoms with E-state index in [4.69, 9.17) is 9.29 Å². The van der Waals surface area contributed by atoms with Crippen LogP contribution >= 0.6 is 0 Å². The molecule has 0 amide bonds. The highest BCUT2D eigenvalue weighted by Gasteiger charge is 2.15. The first kappa shape index (κ1) is 20.9. The zero-order valence-corrected chi connectivity index (χ0v) is 14.7. The molecule has 1 unspecified atom stereocenters. The molecular formula is C16H34O4S. The van der Waals surface area contributed by atoms with Gasteiger partial charge in [-0.3, -0.25) is 4.55 Å². The quantitative estimate of drug-likeness (QED) is 0.354. The topological polar surface area (TPSA) is 63.6 Å². The van der Waals surface area contributed by atoms with Crippen molar-refractivity contribution in [3.8, 4) is 0 Å². The lowest BCUT2D eigenvalue weighted by molar-refractivity contribution is 0.109. The monoisotopic (exact) mass is 322 g/mol. The van der Waals surface area contributed by atoms with Crippen molar-refractivity contribution in [1.82, 2.24) is 0 Å². The van der Waals surface area contributed by atoms with Crippen molar-refractivity contribution in [2.45, 2.75) is 90.1 Å². The van der Waals surface area contributed by atoms with Gasteiger partial charge in [0, 0.05) is 7.11 Å². The molecule has 0 heterocycles. The lowest BCUT2D eigenvalue weighted by Crippen LogP contribution is -2.22. The van der Waals surface area contributed by atoms with E-state index in [9.17, 15) is 8.42 Å². The Morgan fingerprint density at radius 2 is 1.29 bits per heavy atom. The zero-order chi connectivity index (χ0) is 16.0. The van der Waals surface area contributed by atoms with Crippen molar-refractivity contribution in [2.24, 2.45) is 0 Å². The zero-order valence-electron chi connectivity index (χ0n) is 13.8. The summed E-state index contributed by atoms with van der Waals surface area (Å²) in [5.74, 6) is -0.290. The van der Waals surface area contributed by atoms with Gasteiger partial charge < -0.3 is 4.74 Å². The molecule has 128 valence electrons. The van der Waals surface area contributed by atoms with Crippen LogP contribution in [0, 0.1) is 0 Å². The molecule has 0 rings (SSSR count). The third-order valence-corrected chi connectivity index (χ3v) is 4.65. The Hall–Kier alpha value is -0.130. The van der Waals surface area contributed by atoms with Gasteiger partial charge in [-0.25, -0.2) is 0 Å². The van der Waals surface area contributed by atoms with Gasteiger partial charge in [0.25, 0.3) is 10.1 Å². The van der Waals surface area contributed by atoms with Gasteiger partial charge in [-0.05, 0) is 6.42 Å². The molecule has 0 aliphatic rings. The largest absolute Gasteiger partial charge is 0.380 e. The van der Waals surface area contributed by atoms with E-state index in [1.54, 1.807) is 0 Å².